The van der Waals surface area contributed by atoms with E-state index in [9.17, 15) is 8.42 Å². The van der Waals surface area contributed by atoms with Crippen molar-refractivity contribution in [3.8, 4) is 5.75 Å². The molecule has 0 heterocycles. The van der Waals surface area contributed by atoms with Crippen LogP contribution in [0.3, 0.4) is 0 Å². The van der Waals surface area contributed by atoms with Crippen molar-refractivity contribution in [3.63, 3.8) is 0 Å². The maximum Gasteiger partial charge on any atom is 0.240 e. The summed E-state index contributed by atoms with van der Waals surface area (Å²) in [7, 11) is -2.02. The summed E-state index contributed by atoms with van der Waals surface area (Å²) >= 11 is 0. The molecule has 0 saturated heterocycles. The van der Waals surface area contributed by atoms with Crippen molar-refractivity contribution in [2.24, 2.45) is 0 Å². The molecule has 0 fully saturated rings. The summed E-state index contributed by atoms with van der Waals surface area (Å²) in [4.78, 5) is 0.252. The number of nitrogens with one attached hydrogen (secondary N) is 1. The van der Waals surface area contributed by atoms with Gasteiger partial charge in [-0.15, -0.1) is 0 Å². The van der Waals surface area contributed by atoms with Crippen molar-refractivity contribution < 1.29 is 13.2 Å². The Morgan fingerprint density at radius 1 is 1.00 bits per heavy atom. The normalized spacial score (nSPS) is 11.8. The fourth-order valence-corrected chi connectivity index (χ4v) is 4.08. The van der Waals surface area contributed by atoms with E-state index in [2.05, 4.69) is 4.72 Å². The zero-order valence-corrected chi connectivity index (χ0v) is 16.0. The van der Waals surface area contributed by atoms with E-state index >= 15 is 0 Å². The van der Waals surface area contributed by atoms with Crippen molar-refractivity contribution >= 4 is 20.8 Å². The number of rotatable bonds is 6. The maximum absolute atomic E-state index is 12.8. The minimum absolute atomic E-state index is 0.165. The van der Waals surface area contributed by atoms with Crippen LogP contribution in [0.2, 0.25) is 0 Å². The van der Waals surface area contributed by atoms with E-state index in [0.29, 0.717) is 5.75 Å². The summed E-state index contributed by atoms with van der Waals surface area (Å²) in [5.74, 6) is 0.867. The van der Waals surface area contributed by atoms with Gasteiger partial charge in [0.25, 0.3) is 0 Å². The van der Waals surface area contributed by atoms with Gasteiger partial charge in [0.05, 0.1) is 12.0 Å². The van der Waals surface area contributed by atoms with Gasteiger partial charge < -0.3 is 4.74 Å². The third-order valence-electron chi connectivity index (χ3n) is 4.47. The Morgan fingerprint density at radius 2 is 1.73 bits per heavy atom. The molecule has 0 spiro atoms. The second-order valence-corrected chi connectivity index (χ2v) is 8.29. The second kappa shape index (κ2) is 7.48. The summed E-state index contributed by atoms with van der Waals surface area (Å²) in [6.07, 6.45) is 0. The van der Waals surface area contributed by atoms with Crippen LogP contribution < -0.4 is 9.46 Å². The average molecular weight is 369 g/mol. The fourth-order valence-electron chi connectivity index (χ4n) is 3.03. The molecule has 0 aliphatic rings. The Morgan fingerprint density at radius 3 is 2.46 bits per heavy atom. The standard InChI is InChI=1S/C21H23NO3S/c1-15(2)20-13-18(11-12-21(20)25-3)26(23,24)22-14-17-9-6-8-16-7-4-5-10-19(16)17/h4-13,15,22H,14H2,1-3H3. The molecule has 0 atom stereocenters. The van der Waals surface area contributed by atoms with Gasteiger partial charge in [-0.25, -0.2) is 13.1 Å². The fraction of sp³-hybridized carbons (Fsp3) is 0.238. The first-order valence-corrected chi connectivity index (χ1v) is 10.0. The molecule has 0 saturated carbocycles. The van der Waals surface area contributed by atoms with Crippen molar-refractivity contribution in [2.75, 3.05) is 7.11 Å². The quantitative estimate of drug-likeness (QED) is 0.698. The third-order valence-corrected chi connectivity index (χ3v) is 5.86. The van der Waals surface area contributed by atoms with Gasteiger partial charge in [-0.3, -0.25) is 0 Å². The number of ether oxygens (including phenoxy) is 1. The second-order valence-electron chi connectivity index (χ2n) is 6.52. The highest BCUT2D eigenvalue weighted by Crippen LogP contribution is 2.29. The molecule has 3 aromatic rings. The van der Waals surface area contributed by atoms with E-state index in [1.807, 2.05) is 56.3 Å². The molecule has 0 aliphatic carbocycles. The van der Waals surface area contributed by atoms with Gasteiger partial charge >= 0.3 is 0 Å². The Labute approximate surface area is 154 Å². The zero-order chi connectivity index (χ0) is 18.7. The number of methoxy groups -OCH3 is 1. The lowest BCUT2D eigenvalue weighted by Gasteiger charge is -2.14. The smallest absolute Gasteiger partial charge is 0.240 e. The summed E-state index contributed by atoms with van der Waals surface area (Å²) in [6.45, 7) is 4.27. The highest BCUT2D eigenvalue weighted by molar-refractivity contribution is 7.89. The summed E-state index contributed by atoms with van der Waals surface area (Å²) in [5, 5.41) is 2.14. The zero-order valence-electron chi connectivity index (χ0n) is 15.2. The van der Waals surface area contributed by atoms with Crippen molar-refractivity contribution in [2.45, 2.75) is 31.2 Å². The molecular weight excluding hydrogens is 346 g/mol. The third kappa shape index (κ3) is 3.74. The van der Waals surface area contributed by atoms with E-state index in [4.69, 9.17) is 4.74 Å². The lowest BCUT2D eigenvalue weighted by Crippen LogP contribution is -2.23. The van der Waals surface area contributed by atoms with Crippen LogP contribution in [0.25, 0.3) is 10.8 Å². The molecule has 0 aliphatic heterocycles. The van der Waals surface area contributed by atoms with Gasteiger partial charge in [-0.05, 0) is 46.0 Å². The SMILES string of the molecule is COc1ccc(S(=O)(=O)NCc2cccc3ccccc23)cc1C(C)C. The van der Waals surface area contributed by atoms with E-state index in [1.54, 1.807) is 25.3 Å². The molecule has 136 valence electrons. The Balaban J connectivity index is 1.88. The Hall–Kier alpha value is -2.37. The van der Waals surface area contributed by atoms with E-state index in [0.717, 1.165) is 21.9 Å². The van der Waals surface area contributed by atoms with Crippen LogP contribution in [0.15, 0.2) is 65.6 Å². The first kappa shape index (κ1) is 18.4. The first-order valence-electron chi connectivity index (χ1n) is 8.56. The van der Waals surface area contributed by atoms with E-state index < -0.39 is 10.0 Å². The molecule has 0 aromatic heterocycles. The Kier molecular flexibility index (Phi) is 5.30. The largest absolute Gasteiger partial charge is 0.496 e. The van der Waals surface area contributed by atoms with Gasteiger partial charge in [0.15, 0.2) is 0 Å². The molecule has 3 aromatic carbocycles. The molecule has 0 unspecified atom stereocenters. The number of hydrogen-bond acceptors (Lipinski definition) is 3. The predicted octanol–water partition coefficient (Wildman–Crippen LogP) is 4.45. The van der Waals surface area contributed by atoms with Crippen LogP contribution >= 0.6 is 0 Å². The first-order chi connectivity index (χ1) is 12.4. The monoisotopic (exact) mass is 369 g/mol. The number of hydrogen-bond donors (Lipinski definition) is 1. The molecule has 4 nitrogen and oxygen atoms in total. The maximum atomic E-state index is 12.8. The van der Waals surface area contributed by atoms with Gasteiger partial charge in [-0.2, -0.15) is 0 Å². The molecule has 5 heteroatoms. The molecule has 3 rings (SSSR count). The Bertz CT molecular complexity index is 1020. The van der Waals surface area contributed by atoms with Crippen LogP contribution in [0.4, 0.5) is 0 Å². The summed E-state index contributed by atoms with van der Waals surface area (Å²) in [5.41, 5.74) is 1.82. The minimum Gasteiger partial charge on any atom is -0.496 e. The summed E-state index contributed by atoms with van der Waals surface area (Å²) in [6, 6.07) is 18.8. The van der Waals surface area contributed by atoms with Crippen LogP contribution in [-0.2, 0) is 16.6 Å². The molecule has 0 amide bonds. The molecule has 0 radical (unpaired) electrons. The highest BCUT2D eigenvalue weighted by atomic mass is 32.2. The lowest BCUT2D eigenvalue weighted by atomic mass is 10.0. The number of benzene rings is 3. The molecule has 1 N–H and O–H groups in total. The molecule has 26 heavy (non-hydrogen) atoms. The van der Waals surface area contributed by atoms with E-state index in [-0.39, 0.29) is 17.4 Å². The minimum atomic E-state index is -3.61. The van der Waals surface area contributed by atoms with Gasteiger partial charge in [0, 0.05) is 6.54 Å². The topological polar surface area (TPSA) is 55.4 Å². The predicted molar refractivity (Wildman–Crippen MR) is 105 cm³/mol. The van der Waals surface area contributed by atoms with Crippen molar-refractivity contribution in [3.05, 3.63) is 71.8 Å². The number of sulfonamides is 1. The van der Waals surface area contributed by atoms with Crippen LogP contribution in [0, 0.1) is 0 Å². The molecular formula is C21H23NO3S. The van der Waals surface area contributed by atoms with Gasteiger partial charge in [-0.1, -0.05) is 56.3 Å². The lowest BCUT2D eigenvalue weighted by molar-refractivity contribution is 0.407. The van der Waals surface area contributed by atoms with Crippen LogP contribution in [-0.4, -0.2) is 15.5 Å². The van der Waals surface area contributed by atoms with Crippen LogP contribution in [0.1, 0.15) is 30.9 Å². The van der Waals surface area contributed by atoms with Crippen molar-refractivity contribution in [1.29, 1.82) is 0 Å². The van der Waals surface area contributed by atoms with Crippen LogP contribution in [0.5, 0.6) is 5.75 Å². The molecule has 0 bridgehead atoms. The van der Waals surface area contributed by atoms with Crippen molar-refractivity contribution in [1.82, 2.24) is 4.72 Å². The number of fused-ring (bicyclic) bond motifs is 1. The van der Waals surface area contributed by atoms with E-state index in [1.165, 1.54) is 0 Å². The average Bonchev–Trinajstić information content (AvgIpc) is 2.65. The van der Waals surface area contributed by atoms with Gasteiger partial charge in [0.1, 0.15) is 5.75 Å². The summed E-state index contributed by atoms with van der Waals surface area (Å²) < 4.78 is 33.6. The highest BCUT2D eigenvalue weighted by Gasteiger charge is 2.18. The van der Waals surface area contributed by atoms with Gasteiger partial charge in [0.2, 0.25) is 10.0 Å².